The molecule has 1 aromatic carbocycles. The zero-order valence-corrected chi connectivity index (χ0v) is 29.2. The molecule has 0 radical (unpaired) electrons. The molecular weight excluding hydrogens is 586 g/mol. The van der Waals surface area contributed by atoms with Gasteiger partial charge in [-0.05, 0) is 63.3 Å². The van der Waals surface area contributed by atoms with E-state index in [2.05, 4.69) is 38.0 Å². The number of aldehydes is 1. The topological polar surface area (TPSA) is 126 Å². The first-order chi connectivity index (χ1) is 21.4. The van der Waals surface area contributed by atoms with Gasteiger partial charge in [0.05, 0.1) is 17.6 Å². The summed E-state index contributed by atoms with van der Waals surface area (Å²) < 4.78 is 0. The fourth-order valence-electron chi connectivity index (χ4n) is 4.86. The first-order valence-electron chi connectivity index (χ1n) is 16.1. The van der Waals surface area contributed by atoms with Crippen LogP contribution in [-0.4, -0.2) is 78.1 Å². The van der Waals surface area contributed by atoms with Crippen LogP contribution in [0.3, 0.4) is 0 Å². The molecule has 10 heteroatoms. The van der Waals surface area contributed by atoms with Crippen molar-refractivity contribution in [2.45, 2.75) is 98.1 Å². The lowest BCUT2D eigenvalue weighted by atomic mass is 9.97. The third kappa shape index (κ3) is 16.5. The van der Waals surface area contributed by atoms with Crippen LogP contribution in [0.1, 0.15) is 94.2 Å². The minimum Gasteiger partial charge on any atom is -0.369 e. The van der Waals surface area contributed by atoms with Gasteiger partial charge < -0.3 is 16.0 Å². The highest BCUT2D eigenvalue weighted by Gasteiger charge is 2.23. The predicted octanol–water partition coefficient (Wildman–Crippen LogP) is 5.44. The number of nitrogens with zero attached hydrogens (tertiary/aromatic N) is 3. The van der Waals surface area contributed by atoms with Crippen LogP contribution in [0.5, 0.6) is 0 Å². The third-order valence-electron chi connectivity index (χ3n) is 7.43. The van der Waals surface area contributed by atoms with Gasteiger partial charge in [-0.25, -0.2) is 4.98 Å². The maximum absolute atomic E-state index is 12.9. The summed E-state index contributed by atoms with van der Waals surface area (Å²) in [5, 5.41) is 5.68. The van der Waals surface area contributed by atoms with E-state index in [4.69, 9.17) is 5.73 Å². The Morgan fingerprint density at radius 3 is 2.31 bits per heavy atom. The molecule has 0 aliphatic carbocycles. The van der Waals surface area contributed by atoms with E-state index in [0.717, 1.165) is 55.5 Å². The SMILES string of the molecule is CCCCC(=O)N(C)C(CCc1nc(C(=O)NC(/C=C(\C)C=O)Cc2ccccc2)cs1)C(C)C.CCCCN(C)CC(N)=O. The van der Waals surface area contributed by atoms with Gasteiger partial charge in [0.25, 0.3) is 5.91 Å². The van der Waals surface area contributed by atoms with Crippen molar-refractivity contribution in [3.63, 3.8) is 0 Å². The molecule has 2 rings (SSSR count). The van der Waals surface area contributed by atoms with Crippen LogP contribution in [0.2, 0.25) is 0 Å². The number of benzene rings is 1. The highest BCUT2D eigenvalue weighted by atomic mass is 32.1. The van der Waals surface area contributed by atoms with Crippen LogP contribution in [0.4, 0.5) is 0 Å². The second kappa shape index (κ2) is 22.2. The number of carbonyl (C=O) groups is 4. The van der Waals surface area contributed by atoms with Gasteiger partial charge >= 0.3 is 0 Å². The number of nitrogens with two attached hydrogens (primary N) is 1. The molecule has 0 aliphatic heterocycles. The molecular formula is C35H55N5O4S. The van der Waals surface area contributed by atoms with Gasteiger partial charge in [0, 0.05) is 31.3 Å². The van der Waals surface area contributed by atoms with Crippen molar-refractivity contribution >= 4 is 35.3 Å². The van der Waals surface area contributed by atoms with Crippen molar-refractivity contribution in [2.75, 3.05) is 27.2 Å². The molecule has 9 nitrogen and oxygen atoms in total. The Balaban J connectivity index is 0.000000868. The van der Waals surface area contributed by atoms with E-state index >= 15 is 0 Å². The van der Waals surface area contributed by atoms with E-state index in [1.165, 1.54) is 11.3 Å². The van der Waals surface area contributed by atoms with E-state index in [1.807, 2.05) is 54.2 Å². The van der Waals surface area contributed by atoms with Crippen molar-refractivity contribution in [1.82, 2.24) is 20.1 Å². The molecule has 0 saturated carbocycles. The lowest BCUT2D eigenvalue weighted by molar-refractivity contribution is -0.133. The number of thiazole rings is 1. The third-order valence-corrected chi connectivity index (χ3v) is 8.34. The molecule has 0 spiro atoms. The van der Waals surface area contributed by atoms with Crippen molar-refractivity contribution in [3.05, 3.63) is 63.6 Å². The summed E-state index contributed by atoms with van der Waals surface area (Å²) in [6.07, 6.45) is 9.46. The minimum atomic E-state index is -0.312. The summed E-state index contributed by atoms with van der Waals surface area (Å²) in [5.41, 5.74) is 7.01. The normalized spacial score (nSPS) is 12.7. The number of unbranched alkanes of at least 4 members (excludes halogenated alkanes) is 2. The number of hydrogen-bond donors (Lipinski definition) is 2. The van der Waals surface area contributed by atoms with Crippen LogP contribution in [0.15, 0.2) is 47.4 Å². The van der Waals surface area contributed by atoms with E-state index in [1.54, 1.807) is 18.4 Å². The highest BCUT2D eigenvalue weighted by Crippen LogP contribution is 2.20. The molecule has 2 atom stereocenters. The van der Waals surface area contributed by atoms with Crippen LogP contribution >= 0.6 is 11.3 Å². The maximum atomic E-state index is 12.9. The molecule has 45 heavy (non-hydrogen) atoms. The molecule has 2 aromatic rings. The van der Waals surface area contributed by atoms with E-state index in [-0.39, 0.29) is 29.8 Å². The Kier molecular flexibility index (Phi) is 19.6. The smallest absolute Gasteiger partial charge is 0.271 e. The van der Waals surface area contributed by atoms with Gasteiger partial charge in [-0.15, -0.1) is 11.3 Å². The number of amides is 3. The monoisotopic (exact) mass is 641 g/mol. The standard InChI is InChI=1S/C28H39N3O3S.C7H16N2O/c1-6-7-13-27(33)31(5)25(20(2)3)14-15-26-30-24(19-35-26)28(34)29-23(16-21(4)18-32)17-22-11-9-8-10-12-22;1-3-4-5-9(2)6-7(8)10/h8-12,16,18-20,23,25H,6-7,13-15,17H2,1-5H3,(H,29,34);3-6H2,1-2H3,(H2,8,10)/b21-16+;. The number of aromatic nitrogens is 1. The Bertz CT molecular complexity index is 1200. The van der Waals surface area contributed by atoms with Gasteiger partial charge in [0.1, 0.15) is 12.0 Å². The number of nitrogens with one attached hydrogen (secondary N) is 1. The van der Waals surface area contributed by atoms with Gasteiger partial charge in [-0.3, -0.25) is 24.1 Å². The van der Waals surface area contributed by atoms with Crippen molar-refractivity contribution in [3.8, 4) is 0 Å². The number of aryl methyl sites for hydroxylation is 1. The number of likely N-dealkylation sites (N-methyl/N-ethyl adjacent to an activating group) is 1. The van der Waals surface area contributed by atoms with Crippen molar-refractivity contribution < 1.29 is 19.2 Å². The first-order valence-corrected chi connectivity index (χ1v) is 16.9. The summed E-state index contributed by atoms with van der Waals surface area (Å²) in [4.78, 5) is 55.3. The van der Waals surface area contributed by atoms with Crippen LogP contribution < -0.4 is 11.1 Å². The van der Waals surface area contributed by atoms with Gasteiger partial charge in [0.15, 0.2) is 0 Å². The van der Waals surface area contributed by atoms with Crippen LogP contribution in [0.25, 0.3) is 0 Å². The molecule has 0 fully saturated rings. The molecule has 0 bridgehead atoms. The zero-order valence-electron chi connectivity index (χ0n) is 28.4. The molecule has 3 N–H and O–H groups in total. The lowest BCUT2D eigenvalue weighted by Crippen LogP contribution is -2.40. The molecule has 0 saturated heterocycles. The highest BCUT2D eigenvalue weighted by molar-refractivity contribution is 7.09. The Morgan fingerprint density at radius 1 is 1.07 bits per heavy atom. The number of primary amides is 1. The van der Waals surface area contributed by atoms with E-state index in [0.29, 0.717) is 43.0 Å². The summed E-state index contributed by atoms with van der Waals surface area (Å²) >= 11 is 1.47. The van der Waals surface area contributed by atoms with Gasteiger partial charge in [0.2, 0.25) is 11.8 Å². The summed E-state index contributed by atoms with van der Waals surface area (Å²) in [6.45, 7) is 11.5. The number of rotatable bonds is 19. The fraction of sp³-hybridized carbons (Fsp3) is 0.571. The van der Waals surface area contributed by atoms with Gasteiger partial charge in [-0.2, -0.15) is 0 Å². The molecule has 2 unspecified atom stereocenters. The van der Waals surface area contributed by atoms with Crippen molar-refractivity contribution in [1.29, 1.82) is 0 Å². The minimum absolute atomic E-state index is 0.132. The van der Waals surface area contributed by atoms with Crippen LogP contribution in [-0.2, 0) is 27.2 Å². The first kappa shape index (κ1) is 39.7. The quantitative estimate of drug-likeness (QED) is 0.156. The van der Waals surface area contributed by atoms with Gasteiger partial charge in [-0.1, -0.05) is 76.9 Å². The van der Waals surface area contributed by atoms with Crippen molar-refractivity contribution in [2.24, 2.45) is 11.7 Å². The largest absolute Gasteiger partial charge is 0.369 e. The Hall–Kier alpha value is -3.37. The molecule has 0 aliphatic rings. The average Bonchev–Trinajstić information content (AvgIpc) is 3.48. The summed E-state index contributed by atoms with van der Waals surface area (Å²) in [5.74, 6) is 0.0158. The number of carbonyl (C=O) groups excluding carboxylic acids is 4. The number of allylic oxidation sites excluding steroid dienone is 1. The predicted molar refractivity (Wildman–Crippen MR) is 184 cm³/mol. The second-order valence-corrected chi connectivity index (χ2v) is 12.9. The Labute approximate surface area is 274 Å². The second-order valence-electron chi connectivity index (χ2n) is 11.9. The maximum Gasteiger partial charge on any atom is 0.271 e. The molecule has 250 valence electrons. The van der Waals surface area contributed by atoms with E-state index in [9.17, 15) is 19.2 Å². The van der Waals surface area contributed by atoms with Crippen LogP contribution in [0, 0.1) is 5.92 Å². The summed E-state index contributed by atoms with van der Waals surface area (Å²) in [6, 6.07) is 9.68. The summed E-state index contributed by atoms with van der Waals surface area (Å²) in [7, 11) is 3.80. The Morgan fingerprint density at radius 2 is 1.73 bits per heavy atom. The zero-order chi connectivity index (χ0) is 33.8. The average molecular weight is 642 g/mol. The van der Waals surface area contributed by atoms with E-state index < -0.39 is 0 Å². The number of hydrogen-bond acceptors (Lipinski definition) is 7. The molecule has 1 heterocycles. The molecule has 1 aromatic heterocycles. The fourth-order valence-corrected chi connectivity index (χ4v) is 5.65. The lowest BCUT2D eigenvalue weighted by Gasteiger charge is -2.31. The molecule has 3 amide bonds.